The summed E-state index contributed by atoms with van der Waals surface area (Å²) in [7, 11) is 0. The minimum absolute atomic E-state index is 0.239. The maximum atomic E-state index is 12.0. The molecule has 0 spiro atoms. The van der Waals surface area contributed by atoms with Crippen molar-refractivity contribution in [2.75, 3.05) is 11.4 Å². The molecule has 1 saturated heterocycles. The van der Waals surface area contributed by atoms with Crippen LogP contribution in [0.1, 0.15) is 12.8 Å². The van der Waals surface area contributed by atoms with Crippen LogP contribution in [0.3, 0.4) is 0 Å². The van der Waals surface area contributed by atoms with Crippen LogP contribution in [-0.2, 0) is 4.79 Å². The molecule has 1 aliphatic rings. The fraction of sp³-hybridized carbons (Fsp3) is 0.308. The number of nitrogens with one attached hydrogen (secondary N) is 1. The Hall–Kier alpha value is -2.37. The van der Waals surface area contributed by atoms with Gasteiger partial charge in [-0.15, -0.1) is 0 Å². The van der Waals surface area contributed by atoms with Gasteiger partial charge in [0.15, 0.2) is 0 Å². The van der Waals surface area contributed by atoms with Gasteiger partial charge in [-0.05, 0) is 25.0 Å². The van der Waals surface area contributed by atoms with Gasteiger partial charge in [0.1, 0.15) is 6.04 Å². The third-order valence-corrected chi connectivity index (χ3v) is 3.41. The van der Waals surface area contributed by atoms with Crippen LogP contribution in [0, 0.1) is 0 Å². The highest BCUT2D eigenvalue weighted by atomic mass is 16.4. The van der Waals surface area contributed by atoms with Gasteiger partial charge in [0.25, 0.3) is 5.56 Å². The number of para-hydroxylation sites is 1. The molecule has 1 atom stereocenters. The lowest BCUT2D eigenvalue weighted by atomic mass is 10.2. The zero-order valence-electron chi connectivity index (χ0n) is 10.2. The van der Waals surface area contributed by atoms with Crippen LogP contribution in [0.25, 0.3) is 10.9 Å². The van der Waals surface area contributed by atoms with Gasteiger partial charge in [0, 0.05) is 6.54 Å². The second kappa shape index (κ2) is 4.38. The number of carboxylic acid groups (broad SMARTS) is 1. The van der Waals surface area contributed by atoms with Crippen molar-refractivity contribution in [3.8, 4) is 0 Å². The number of aliphatic carboxylic acids is 1. The molecular weight excluding hydrogens is 246 g/mol. The number of nitrogens with zero attached hydrogens (tertiary/aromatic N) is 2. The highest BCUT2D eigenvalue weighted by molar-refractivity contribution is 5.81. The van der Waals surface area contributed by atoms with Crippen molar-refractivity contribution in [3.63, 3.8) is 0 Å². The summed E-state index contributed by atoms with van der Waals surface area (Å²) in [5.41, 5.74) is 0.342. The molecule has 0 saturated carbocycles. The zero-order valence-corrected chi connectivity index (χ0v) is 10.2. The van der Waals surface area contributed by atoms with E-state index in [0.717, 1.165) is 6.42 Å². The lowest BCUT2D eigenvalue weighted by Crippen LogP contribution is -2.37. The van der Waals surface area contributed by atoms with Crippen molar-refractivity contribution in [3.05, 3.63) is 34.6 Å². The van der Waals surface area contributed by atoms with Crippen LogP contribution in [0.5, 0.6) is 0 Å². The first kappa shape index (κ1) is 11.7. The molecule has 1 aliphatic heterocycles. The Morgan fingerprint density at radius 3 is 3.00 bits per heavy atom. The van der Waals surface area contributed by atoms with Gasteiger partial charge >= 0.3 is 5.97 Å². The van der Waals surface area contributed by atoms with Gasteiger partial charge in [0.2, 0.25) is 5.95 Å². The Morgan fingerprint density at radius 2 is 2.21 bits per heavy atom. The summed E-state index contributed by atoms with van der Waals surface area (Å²) in [4.78, 5) is 31.8. The SMILES string of the molecule is O=C(O)[C@@H]1CCCN1c1nc2ccccc2c(=O)[nH]1. The highest BCUT2D eigenvalue weighted by Gasteiger charge is 2.32. The molecule has 0 radical (unpaired) electrons. The van der Waals surface area contributed by atoms with Gasteiger partial charge in [-0.25, -0.2) is 9.78 Å². The van der Waals surface area contributed by atoms with Gasteiger partial charge in [-0.2, -0.15) is 0 Å². The summed E-state index contributed by atoms with van der Waals surface area (Å²) in [6, 6.07) is 6.42. The largest absolute Gasteiger partial charge is 0.480 e. The van der Waals surface area contributed by atoms with Crippen LogP contribution >= 0.6 is 0 Å². The second-order valence-corrected chi connectivity index (χ2v) is 4.60. The first-order valence-electron chi connectivity index (χ1n) is 6.15. The van der Waals surface area contributed by atoms with E-state index in [0.29, 0.717) is 29.8 Å². The molecule has 3 rings (SSSR count). The fourth-order valence-corrected chi connectivity index (χ4v) is 2.49. The predicted molar refractivity (Wildman–Crippen MR) is 70.4 cm³/mol. The van der Waals surface area contributed by atoms with Gasteiger partial charge in [-0.3, -0.25) is 9.78 Å². The minimum atomic E-state index is -0.881. The topological polar surface area (TPSA) is 86.3 Å². The normalized spacial score (nSPS) is 18.9. The van der Waals surface area contributed by atoms with Gasteiger partial charge < -0.3 is 10.0 Å². The standard InChI is InChI=1S/C13H13N3O3/c17-11-8-4-1-2-5-9(8)14-13(15-11)16-7-3-6-10(16)12(18)19/h1-2,4-5,10H,3,6-7H2,(H,18,19)(H,14,15,17)/t10-/m0/s1. The van der Waals surface area contributed by atoms with Crippen molar-refractivity contribution in [2.24, 2.45) is 0 Å². The van der Waals surface area contributed by atoms with Crippen LogP contribution in [0.4, 0.5) is 5.95 Å². The molecule has 1 aromatic heterocycles. The smallest absolute Gasteiger partial charge is 0.326 e. The van der Waals surface area contributed by atoms with E-state index >= 15 is 0 Å². The number of fused-ring (bicyclic) bond motifs is 1. The number of hydrogen-bond acceptors (Lipinski definition) is 4. The maximum Gasteiger partial charge on any atom is 0.326 e. The van der Waals surface area contributed by atoms with E-state index in [1.54, 1.807) is 29.2 Å². The molecule has 2 N–H and O–H groups in total. The number of carbonyl (C=O) groups is 1. The summed E-state index contributed by atoms with van der Waals surface area (Å²) < 4.78 is 0. The summed E-state index contributed by atoms with van der Waals surface area (Å²) in [5, 5.41) is 9.68. The number of carboxylic acids is 1. The Labute approximate surface area is 108 Å². The van der Waals surface area contributed by atoms with Gasteiger partial charge in [-0.1, -0.05) is 12.1 Å². The zero-order chi connectivity index (χ0) is 13.4. The quantitative estimate of drug-likeness (QED) is 0.839. The Balaban J connectivity index is 2.10. The Morgan fingerprint density at radius 1 is 1.42 bits per heavy atom. The van der Waals surface area contributed by atoms with Crippen molar-refractivity contribution >= 4 is 22.8 Å². The first-order valence-corrected chi connectivity index (χ1v) is 6.15. The molecule has 2 aromatic rings. The Bertz CT molecular complexity index is 695. The molecule has 98 valence electrons. The lowest BCUT2D eigenvalue weighted by Gasteiger charge is -2.21. The van der Waals surface area contributed by atoms with E-state index < -0.39 is 12.0 Å². The number of rotatable bonds is 2. The van der Waals surface area contributed by atoms with E-state index in [1.165, 1.54) is 0 Å². The van der Waals surface area contributed by atoms with E-state index in [9.17, 15) is 9.59 Å². The molecule has 19 heavy (non-hydrogen) atoms. The number of aromatic amines is 1. The molecule has 0 bridgehead atoms. The van der Waals surface area contributed by atoms with E-state index in [2.05, 4.69) is 9.97 Å². The molecule has 2 heterocycles. The molecule has 0 aliphatic carbocycles. The summed E-state index contributed by atoms with van der Waals surface area (Å²) in [6.07, 6.45) is 1.36. The summed E-state index contributed by atoms with van der Waals surface area (Å²) >= 11 is 0. The number of aromatic nitrogens is 2. The third kappa shape index (κ3) is 1.95. The van der Waals surface area contributed by atoms with E-state index in [4.69, 9.17) is 5.11 Å². The van der Waals surface area contributed by atoms with Crippen LogP contribution in [0.15, 0.2) is 29.1 Å². The fourth-order valence-electron chi connectivity index (χ4n) is 2.49. The molecule has 1 aromatic carbocycles. The van der Waals surface area contributed by atoms with E-state index in [1.807, 2.05) is 0 Å². The molecule has 1 fully saturated rings. The summed E-state index contributed by atoms with van der Waals surface area (Å²) in [6.45, 7) is 0.595. The predicted octanol–water partition coefficient (Wildman–Crippen LogP) is 0.976. The Kier molecular flexibility index (Phi) is 2.70. The molecule has 0 unspecified atom stereocenters. The first-order chi connectivity index (χ1) is 9.16. The number of H-pyrrole nitrogens is 1. The summed E-state index contributed by atoms with van der Waals surface area (Å²) in [5.74, 6) is -0.540. The average Bonchev–Trinajstić information content (AvgIpc) is 2.88. The minimum Gasteiger partial charge on any atom is -0.480 e. The van der Waals surface area contributed by atoms with Crippen LogP contribution < -0.4 is 10.5 Å². The number of anilines is 1. The third-order valence-electron chi connectivity index (χ3n) is 3.41. The van der Waals surface area contributed by atoms with Crippen molar-refractivity contribution < 1.29 is 9.90 Å². The van der Waals surface area contributed by atoms with Gasteiger partial charge in [0.05, 0.1) is 10.9 Å². The molecule has 0 amide bonds. The second-order valence-electron chi connectivity index (χ2n) is 4.60. The molecule has 6 heteroatoms. The lowest BCUT2D eigenvalue weighted by molar-refractivity contribution is -0.138. The number of benzene rings is 1. The van der Waals surface area contributed by atoms with E-state index in [-0.39, 0.29) is 5.56 Å². The maximum absolute atomic E-state index is 12.0. The van der Waals surface area contributed by atoms with Crippen molar-refractivity contribution in [1.29, 1.82) is 0 Å². The monoisotopic (exact) mass is 259 g/mol. The van der Waals surface area contributed by atoms with Crippen molar-refractivity contribution in [1.82, 2.24) is 9.97 Å². The number of hydrogen-bond donors (Lipinski definition) is 2. The molecular formula is C13H13N3O3. The highest BCUT2D eigenvalue weighted by Crippen LogP contribution is 2.22. The van der Waals surface area contributed by atoms with Crippen LogP contribution in [-0.4, -0.2) is 33.6 Å². The van der Waals surface area contributed by atoms with Crippen molar-refractivity contribution in [2.45, 2.75) is 18.9 Å². The average molecular weight is 259 g/mol. The molecule has 6 nitrogen and oxygen atoms in total. The van der Waals surface area contributed by atoms with Crippen LogP contribution in [0.2, 0.25) is 0 Å².